The van der Waals surface area contributed by atoms with Crippen molar-refractivity contribution in [1.29, 1.82) is 0 Å². The minimum Gasteiger partial charge on any atom is -0.377 e. The fraction of sp³-hybridized carbons (Fsp3) is 0.533. The summed E-state index contributed by atoms with van der Waals surface area (Å²) < 4.78 is 5.48. The molecule has 1 atom stereocenters. The number of benzene rings is 1. The number of carbonyl (C=O) groups excluding carboxylic acids is 1. The molecule has 1 saturated heterocycles. The Hall–Kier alpha value is -1.39. The maximum atomic E-state index is 12.2. The summed E-state index contributed by atoms with van der Waals surface area (Å²) >= 11 is 0. The van der Waals surface area contributed by atoms with E-state index in [1.54, 1.807) is 0 Å². The van der Waals surface area contributed by atoms with Crippen molar-refractivity contribution in [1.82, 2.24) is 10.2 Å². The molecule has 0 bridgehead atoms. The van der Waals surface area contributed by atoms with Gasteiger partial charge in [0, 0.05) is 6.54 Å². The van der Waals surface area contributed by atoms with E-state index in [9.17, 15) is 4.79 Å². The Balaban J connectivity index is 1.81. The van der Waals surface area contributed by atoms with Gasteiger partial charge in [0.25, 0.3) is 0 Å². The van der Waals surface area contributed by atoms with Crippen molar-refractivity contribution in [2.45, 2.75) is 32.4 Å². The van der Waals surface area contributed by atoms with Crippen LogP contribution in [-0.4, -0.2) is 42.8 Å². The Morgan fingerprint density at radius 1 is 1.37 bits per heavy atom. The maximum absolute atomic E-state index is 12.2. The van der Waals surface area contributed by atoms with Gasteiger partial charge in [0.1, 0.15) is 0 Å². The molecule has 0 spiro atoms. The van der Waals surface area contributed by atoms with Crippen LogP contribution in [0, 0.1) is 0 Å². The van der Waals surface area contributed by atoms with Gasteiger partial charge in [0.15, 0.2) is 0 Å². The van der Waals surface area contributed by atoms with E-state index in [1.807, 2.05) is 36.9 Å². The molecule has 0 aromatic heterocycles. The Labute approximate surface area is 114 Å². The quantitative estimate of drug-likeness (QED) is 0.843. The van der Waals surface area contributed by atoms with E-state index in [1.165, 1.54) is 5.56 Å². The Morgan fingerprint density at radius 3 is 2.79 bits per heavy atom. The predicted molar refractivity (Wildman–Crippen MR) is 74.7 cm³/mol. The molecule has 1 fully saturated rings. The Kier molecular flexibility index (Phi) is 4.93. The molecule has 0 saturated carbocycles. The second kappa shape index (κ2) is 6.68. The normalized spacial score (nSPS) is 19.4. The first kappa shape index (κ1) is 14.0. The molecule has 104 valence electrons. The third-order valence-corrected chi connectivity index (χ3v) is 3.23. The number of nitrogens with zero attached hydrogens (tertiary/aromatic N) is 1. The molecule has 4 heteroatoms. The van der Waals surface area contributed by atoms with Gasteiger partial charge < -0.3 is 9.64 Å². The van der Waals surface area contributed by atoms with Crippen LogP contribution in [0.15, 0.2) is 30.3 Å². The van der Waals surface area contributed by atoms with Crippen LogP contribution in [-0.2, 0) is 16.0 Å². The van der Waals surface area contributed by atoms with Gasteiger partial charge in [-0.3, -0.25) is 10.1 Å². The van der Waals surface area contributed by atoms with Crippen molar-refractivity contribution in [3.8, 4) is 0 Å². The topological polar surface area (TPSA) is 41.6 Å². The number of carbonyl (C=O) groups is 1. The number of rotatable bonds is 6. The molecule has 0 radical (unpaired) electrons. The van der Waals surface area contributed by atoms with Crippen molar-refractivity contribution in [2.24, 2.45) is 0 Å². The molecule has 4 nitrogen and oxygen atoms in total. The summed E-state index contributed by atoms with van der Waals surface area (Å²) in [6, 6.07) is 10.0. The highest BCUT2D eigenvalue weighted by Crippen LogP contribution is 2.10. The Bertz CT molecular complexity index is 406. The minimum atomic E-state index is -0.0959. The van der Waals surface area contributed by atoms with Crippen molar-refractivity contribution < 1.29 is 9.53 Å². The first-order valence-electron chi connectivity index (χ1n) is 6.84. The highest BCUT2D eigenvalue weighted by Gasteiger charge is 2.30. The van der Waals surface area contributed by atoms with Crippen molar-refractivity contribution in [3.63, 3.8) is 0 Å². The highest BCUT2D eigenvalue weighted by molar-refractivity contribution is 5.84. The summed E-state index contributed by atoms with van der Waals surface area (Å²) in [5.41, 5.74) is 1.19. The largest absolute Gasteiger partial charge is 0.377 e. The van der Waals surface area contributed by atoms with Gasteiger partial charge in [-0.1, -0.05) is 30.3 Å². The number of amides is 1. The molecule has 1 N–H and O–H groups in total. The van der Waals surface area contributed by atoms with Gasteiger partial charge in [-0.15, -0.1) is 0 Å². The van der Waals surface area contributed by atoms with Crippen LogP contribution in [0.1, 0.15) is 19.4 Å². The molecule has 1 unspecified atom stereocenters. The molecule has 2 rings (SSSR count). The zero-order valence-electron chi connectivity index (χ0n) is 11.6. The summed E-state index contributed by atoms with van der Waals surface area (Å²) in [4.78, 5) is 14.0. The fourth-order valence-electron chi connectivity index (χ4n) is 2.20. The van der Waals surface area contributed by atoms with E-state index in [0.29, 0.717) is 19.8 Å². The summed E-state index contributed by atoms with van der Waals surface area (Å²) in [7, 11) is 0. The lowest BCUT2D eigenvalue weighted by Crippen LogP contribution is -2.34. The molecule has 1 aromatic carbocycles. The first-order chi connectivity index (χ1) is 9.16. The van der Waals surface area contributed by atoms with Crippen LogP contribution in [0.3, 0.4) is 0 Å². The van der Waals surface area contributed by atoms with Crippen molar-refractivity contribution >= 4 is 5.91 Å². The lowest BCUT2D eigenvalue weighted by Gasteiger charge is -2.16. The number of hydrogen-bond donors (Lipinski definition) is 1. The van der Waals surface area contributed by atoms with Gasteiger partial charge in [-0.2, -0.15) is 0 Å². The average molecular weight is 262 g/mol. The molecule has 1 amide bonds. The second-order valence-electron chi connectivity index (χ2n) is 5.13. The molecule has 0 aliphatic carbocycles. The van der Waals surface area contributed by atoms with Crippen LogP contribution in [0.2, 0.25) is 0 Å². The van der Waals surface area contributed by atoms with E-state index in [2.05, 4.69) is 17.4 Å². The van der Waals surface area contributed by atoms with Gasteiger partial charge in [0.05, 0.1) is 25.4 Å². The highest BCUT2D eigenvalue weighted by atomic mass is 16.5. The zero-order chi connectivity index (χ0) is 13.7. The SMILES string of the molecule is CC(C)OCCN1CNC(Cc2ccccc2)C1=O. The molecular formula is C15H22N2O2. The minimum absolute atomic E-state index is 0.0959. The number of nitrogens with one attached hydrogen (secondary N) is 1. The van der Waals surface area contributed by atoms with E-state index in [4.69, 9.17) is 4.74 Å². The third-order valence-electron chi connectivity index (χ3n) is 3.23. The van der Waals surface area contributed by atoms with Crippen LogP contribution < -0.4 is 5.32 Å². The molecule has 1 aliphatic heterocycles. The summed E-state index contributed by atoms with van der Waals surface area (Å²) in [5, 5.41) is 3.26. The van der Waals surface area contributed by atoms with Crippen LogP contribution in [0.25, 0.3) is 0 Å². The first-order valence-corrected chi connectivity index (χ1v) is 6.84. The van der Waals surface area contributed by atoms with Gasteiger partial charge in [-0.05, 0) is 25.8 Å². The fourth-order valence-corrected chi connectivity index (χ4v) is 2.20. The second-order valence-corrected chi connectivity index (χ2v) is 5.13. The smallest absolute Gasteiger partial charge is 0.241 e. The van der Waals surface area contributed by atoms with E-state index in [0.717, 1.165) is 6.42 Å². The van der Waals surface area contributed by atoms with Gasteiger partial charge in [-0.25, -0.2) is 0 Å². The standard InChI is InChI=1S/C15H22N2O2/c1-12(2)19-9-8-17-11-16-14(15(17)18)10-13-6-4-3-5-7-13/h3-7,12,14,16H,8-11H2,1-2H3. The molecule has 1 aliphatic rings. The van der Waals surface area contributed by atoms with Crippen molar-refractivity contribution in [3.05, 3.63) is 35.9 Å². The van der Waals surface area contributed by atoms with E-state index >= 15 is 0 Å². The molecule has 19 heavy (non-hydrogen) atoms. The zero-order valence-corrected chi connectivity index (χ0v) is 11.6. The number of ether oxygens (including phenoxy) is 1. The summed E-state index contributed by atoms with van der Waals surface area (Å²) in [6.45, 7) is 5.89. The third kappa shape index (κ3) is 4.04. The maximum Gasteiger partial charge on any atom is 0.241 e. The predicted octanol–water partition coefficient (Wildman–Crippen LogP) is 1.41. The number of hydrogen-bond acceptors (Lipinski definition) is 3. The van der Waals surface area contributed by atoms with Crippen LogP contribution >= 0.6 is 0 Å². The van der Waals surface area contributed by atoms with Crippen LogP contribution in [0.5, 0.6) is 0 Å². The summed E-state index contributed by atoms with van der Waals surface area (Å²) in [5.74, 6) is 0.177. The summed E-state index contributed by atoms with van der Waals surface area (Å²) in [6.07, 6.45) is 0.965. The van der Waals surface area contributed by atoms with Crippen LogP contribution in [0.4, 0.5) is 0 Å². The molecular weight excluding hydrogens is 240 g/mol. The monoisotopic (exact) mass is 262 g/mol. The lowest BCUT2D eigenvalue weighted by atomic mass is 10.1. The van der Waals surface area contributed by atoms with E-state index < -0.39 is 0 Å². The Morgan fingerprint density at radius 2 is 2.11 bits per heavy atom. The van der Waals surface area contributed by atoms with E-state index in [-0.39, 0.29) is 18.1 Å². The van der Waals surface area contributed by atoms with Crippen molar-refractivity contribution in [2.75, 3.05) is 19.8 Å². The average Bonchev–Trinajstić information content (AvgIpc) is 2.72. The molecule has 1 aromatic rings. The lowest BCUT2D eigenvalue weighted by molar-refractivity contribution is -0.129. The van der Waals surface area contributed by atoms with Gasteiger partial charge in [0.2, 0.25) is 5.91 Å². The van der Waals surface area contributed by atoms with Gasteiger partial charge >= 0.3 is 0 Å². The molecule has 1 heterocycles.